The molecule has 1 N–H and O–H groups in total. The highest BCUT2D eigenvalue weighted by molar-refractivity contribution is 5.86. The summed E-state index contributed by atoms with van der Waals surface area (Å²) in [7, 11) is 0. The number of halogens is 3. The molecule has 1 heterocycles. The lowest BCUT2D eigenvalue weighted by molar-refractivity contribution is -0.185. The van der Waals surface area contributed by atoms with Gasteiger partial charge in [-0.05, 0) is 32.1 Å². The van der Waals surface area contributed by atoms with Gasteiger partial charge in [-0.2, -0.15) is 13.2 Å². The first kappa shape index (κ1) is 15.1. The molecular formula is C13H19F3N2O2. The Bertz CT molecular complexity index is 376. The first-order chi connectivity index (χ1) is 9.38. The minimum atomic E-state index is -4.16. The molecule has 7 heteroatoms. The van der Waals surface area contributed by atoms with Crippen molar-refractivity contribution < 1.29 is 22.8 Å². The Kier molecular flexibility index (Phi) is 4.55. The molecule has 4 nitrogen and oxygen atoms in total. The summed E-state index contributed by atoms with van der Waals surface area (Å²) in [5.41, 5.74) is 0. The van der Waals surface area contributed by atoms with E-state index in [1.54, 1.807) is 0 Å². The molecule has 0 aromatic heterocycles. The van der Waals surface area contributed by atoms with Crippen LogP contribution >= 0.6 is 0 Å². The second-order valence-corrected chi connectivity index (χ2v) is 5.55. The highest BCUT2D eigenvalue weighted by Crippen LogP contribution is 2.39. The highest BCUT2D eigenvalue weighted by atomic mass is 19.4. The summed E-state index contributed by atoms with van der Waals surface area (Å²) in [4.78, 5) is 25.2. The van der Waals surface area contributed by atoms with Gasteiger partial charge in [-0.3, -0.25) is 9.59 Å². The molecule has 1 saturated heterocycles. The van der Waals surface area contributed by atoms with E-state index < -0.39 is 12.1 Å². The van der Waals surface area contributed by atoms with Crippen molar-refractivity contribution in [2.45, 2.75) is 38.3 Å². The number of nitrogens with zero attached hydrogens (tertiary/aromatic N) is 1. The Morgan fingerprint density at radius 1 is 1.20 bits per heavy atom. The molecule has 2 rings (SSSR count). The van der Waals surface area contributed by atoms with Gasteiger partial charge in [0.15, 0.2) is 0 Å². The van der Waals surface area contributed by atoms with Crippen molar-refractivity contribution in [2.24, 2.45) is 11.8 Å². The number of amides is 2. The number of alkyl halides is 3. The van der Waals surface area contributed by atoms with Crippen LogP contribution in [0.15, 0.2) is 0 Å². The Balaban J connectivity index is 1.89. The first-order valence-electron chi connectivity index (χ1n) is 7.00. The van der Waals surface area contributed by atoms with Gasteiger partial charge in [0.05, 0.1) is 12.5 Å². The molecule has 1 aliphatic heterocycles. The van der Waals surface area contributed by atoms with Crippen LogP contribution in [0, 0.1) is 11.8 Å². The normalized spacial score (nSPS) is 28.8. The molecule has 2 fully saturated rings. The van der Waals surface area contributed by atoms with E-state index in [1.807, 2.05) is 0 Å². The smallest absolute Gasteiger partial charge is 0.354 e. The van der Waals surface area contributed by atoms with Crippen molar-refractivity contribution in [3.63, 3.8) is 0 Å². The SMILES string of the molecule is O=C1CN(C(=O)C2CCC(C(F)(F)F)CC2)CCCN1. The Hall–Kier alpha value is -1.27. The largest absolute Gasteiger partial charge is 0.391 e. The van der Waals surface area contributed by atoms with E-state index in [0.717, 1.165) is 0 Å². The van der Waals surface area contributed by atoms with Gasteiger partial charge in [0.25, 0.3) is 0 Å². The zero-order chi connectivity index (χ0) is 14.8. The average molecular weight is 292 g/mol. The number of carbonyl (C=O) groups is 2. The van der Waals surface area contributed by atoms with Crippen LogP contribution in [0.2, 0.25) is 0 Å². The average Bonchev–Trinajstić information content (AvgIpc) is 2.62. The van der Waals surface area contributed by atoms with Crippen molar-refractivity contribution in [1.82, 2.24) is 10.2 Å². The van der Waals surface area contributed by atoms with Crippen LogP contribution in [0.3, 0.4) is 0 Å². The molecule has 0 bridgehead atoms. The van der Waals surface area contributed by atoms with Gasteiger partial charge < -0.3 is 10.2 Å². The van der Waals surface area contributed by atoms with Gasteiger partial charge in [0, 0.05) is 19.0 Å². The van der Waals surface area contributed by atoms with Crippen LogP contribution in [0.25, 0.3) is 0 Å². The van der Waals surface area contributed by atoms with E-state index in [-0.39, 0.29) is 50.0 Å². The Morgan fingerprint density at radius 3 is 2.45 bits per heavy atom. The van der Waals surface area contributed by atoms with Crippen LogP contribution in [0.4, 0.5) is 13.2 Å². The third-order valence-electron chi connectivity index (χ3n) is 4.11. The number of nitrogens with one attached hydrogen (secondary N) is 1. The predicted molar refractivity (Wildman–Crippen MR) is 65.7 cm³/mol. The lowest BCUT2D eigenvalue weighted by Crippen LogP contribution is -2.42. The van der Waals surface area contributed by atoms with Crippen molar-refractivity contribution in [3.05, 3.63) is 0 Å². The van der Waals surface area contributed by atoms with Gasteiger partial charge in [0.1, 0.15) is 0 Å². The van der Waals surface area contributed by atoms with Gasteiger partial charge in [-0.25, -0.2) is 0 Å². The molecule has 1 aliphatic carbocycles. The molecule has 20 heavy (non-hydrogen) atoms. The van der Waals surface area contributed by atoms with Gasteiger partial charge >= 0.3 is 6.18 Å². The summed E-state index contributed by atoms with van der Waals surface area (Å²) in [5.74, 6) is -2.00. The summed E-state index contributed by atoms with van der Waals surface area (Å²) >= 11 is 0. The topological polar surface area (TPSA) is 49.4 Å². The summed E-state index contributed by atoms with van der Waals surface area (Å²) in [6.45, 7) is 1.07. The second-order valence-electron chi connectivity index (χ2n) is 5.55. The molecule has 0 radical (unpaired) electrons. The quantitative estimate of drug-likeness (QED) is 0.800. The van der Waals surface area contributed by atoms with Gasteiger partial charge in [-0.15, -0.1) is 0 Å². The fourth-order valence-electron chi connectivity index (χ4n) is 2.92. The Labute approximate surface area is 115 Å². The standard InChI is InChI=1S/C13H19F3N2O2/c14-13(15,16)10-4-2-9(3-5-10)12(20)18-7-1-6-17-11(19)8-18/h9-10H,1-8H2,(H,17,19). The third kappa shape index (κ3) is 3.64. The fraction of sp³-hybridized carbons (Fsp3) is 0.846. The van der Waals surface area contributed by atoms with Crippen LogP contribution in [0.1, 0.15) is 32.1 Å². The fourth-order valence-corrected chi connectivity index (χ4v) is 2.92. The summed E-state index contributed by atoms with van der Waals surface area (Å²) < 4.78 is 37.7. The van der Waals surface area contributed by atoms with E-state index in [4.69, 9.17) is 0 Å². The van der Waals surface area contributed by atoms with E-state index in [9.17, 15) is 22.8 Å². The number of rotatable bonds is 1. The molecule has 0 atom stereocenters. The van der Waals surface area contributed by atoms with E-state index in [0.29, 0.717) is 19.5 Å². The maximum atomic E-state index is 12.6. The second kappa shape index (κ2) is 6.01. The third-order valence-corrected chi connectivity index (χ3v) is 4.11. The van der Waals surface area contributed by atoms with Gasteiger partial charge in [-0.1, -0.05) is 0 Å². The zero-order valence-corrected chi connectivity index (χ0v) is 11.2. The first-order valence-corrected chi connectivity index (χ1v) is 7.00. The molecule has 1 saturated carbocycles. The minimum Gasteiger partial charge on any atom is -0.354 e. The lowest BCUT2D eigenvalue weighted by atomic mass is 9.81. The van der Waals surface area contributed by atoms with Crippen LogP contribution in [-0.4, -0.2) is 42.5 Å². The molecule has 0 aromatic rings. The number of hydrogen-bond acceptors (Lipinski definition) is 2. The van der Waals surface area contributed by atoms with Crippen molar-refractivity contribution in [2.75, 3.05) is 19.6 Å². The summed E-state index contributed by atoms with van der Waals surface area (Å²) in [6, 6.07) is 0. The lowest BCUT2D eigenvalue weighted by Gasteiger charge is -2.32. The molecular weight excluding hydrogens is 273 g/mol. The molecule has 0 aromatic carbocycles. The molecule has 0 unspecified atom stereocenters. The van der Waals surface area contributed by atoms with Crippen molar-refractivity contribution in [1.29, 1.82) is 0 Å². The van der Waals surface area contributed by atoms with E-state index in [1.165, 1.54) is 4.90 Å². The predicted octanol–water partition coefficient (Wildman–Crippen LogP) is 1.70. The molecule has 2 amide bonds. The van der Waals surface area contributed by atoms with Crippen molar-refractivity contribution >= 4 is 11.8 Å². The van der Waals surface area contributed by atoms with Crippen molar-refractivity contribution in [3.8, 4) is 0 Å². The van der Waals surface area contributed by atoms with Crippen LogP contribution in [0.5, 0.6) is 0 Å². The van der Waals surface area contributed by atoms with Gasteiger partial charge in [0.2, 0.25) is 11.8 Å². The minimum absolute atomic E-state index is 0.0138. The van der Waals surface area contributed by atoms with E-state index in [2.05, 4.69) is 5.32 Å². The highest BCUT2D eigenvalue weighted by Gasteiger charge is 2.43. The number of hydrogen-bond donors (Lipinski definition) is 1. The monoisotopic (exact) mass is 292 g/mol. The molecule has 0 spiro atoms. The molecule has 114 valence electrons. The maximum absolute atomic E-state index is 12.6. The van der Waals surface area contributed by atoms with E-state index >= 15 is 0 Å². The zero-order valence-electron chi connectivity index (χ0n) is 11.2. The van der Waals surface area contributed by atoms with Crippen LogP contribution < -0.4 is 5.32 Å². The molecule has 2 aliphatic rings. The van der Waals surface area contributed by atoms with Crippen LogP contribution in [-0.2, 0) is 9.59 Å². The summed E-state index contributed by atoms with van der Waals surface area (Å²) in [5, 5.41) is 2.68. The Morgan fingerprint density at radius 2 is 1.85 bits per heavy atom. The maximum Gasteiger partial charge on any atom is 0.391 e. The number of carbonyl (C=O) groups excluding carboxylic acids is 2. The summed E-state index contributed by atoms with van der Waals surface area (Å²) in [6.07, 6.45) is -2.91.